The maximum atomic E-state index is 12.5. The highest BCUT2D eigenvalue weighted by Crippen LogP contribution is 2.28. The van der Waals surface area contributed by atoms with Crippen molar-refractivity contribution < 1.29 is 14.3 Å². The summed E-state index contributed by atoms with van der Waals surface area (Å²) in [6, 6.07) is 0.387. The molecule has 2 saturated heterocycles. The third kappa shape index (κ3) is 5.68. The van der Waals surface area contributed by atoms with Gasteiger partial charge in [0.25, 0.3) is 0 Å². The van der Waals surface area contributed by atoms with Crippen molar-refractivity contribution in [3.63, 3.8) is 0 Å². The van der Waals surface area contributed by atoms with E-state index < -0.39 is 0 Å². The highest BCUT2D eigenvalue weighted by Gasteiger charge is 2.34. The molecule has 3 fully saturated rings. The van der Waals surface area contributed by atoms with Gasteiger partial charge in [0, 0.05) is 38.6 Å². The number of piperidine rings is 1. The van der Waals surface area contributed by atoms with Crippen LogP contribution in [0, 0.1) is 5.92 Å². The maximum absolute atomic E-state index is 12.5. The average molecular weight is 366 g/mol. The number of hydrogen-bond donors (Lipinski definition) is 1. The predicted octanol–water partition coefficient (Wildman–Crippen LogP) is 1.79. The Balaban J connectivity index is 1.28. The number of amides is 2. The number of rotatable bonds is 8. The van der Waals surface area contributed by atoms with Crippen LogP contribution in [0.3, 0.4) is 0 Å². The number of likely N-dealkylation sites (tertiary alicyclic amines) is 1. The minimum Gasteiger partial charge on any atom is -0.379 e. The van der Waals surface area contributed by atoms with Crippen molar-refractivity contribution in [3.05, 3.63) is 0 Å². The molecule has 2 heterocycles. The van der Waals surface area contributed by atoms with Crippen molar-refractivity contribution in [2.45, 2.75) is 63.8 Å². The highest BCUT2D eigenvalue weighted by molar-refractivity contribution is 5.84. The first-order valence-corrected chi connectivity index (χ1v) is 10.6. The van der Waals surface area contributed by atoms with Gasteiger partial charge in [-0.25, -0.2) is 0 Å². The number of hydrogen-bond acceptors (Lipinski definition) is 4. The molecule has 1 N–H and O–H groups in total. The van der Waals surface area contributed by atoms with Crippen LogP contribution in [0.4, 0.5) is 0 Å². The van der Waals surface area contributed by atoms with Crippen LogP contribution in [0.5, 0.6) is 0 Å². The molecule has 2 aliphatic heterocycles. The highest BCUT2D eigenvalue weighted by atomic mass is 16.5. The molecule has 0 spiro atoms. The Morgan fingerprint density at radius 1 is 1.08 bits per heavy atom. The summed E-state index contributed by atoms with van der Waals surface area (Å²) in [5.41, 5.74) is 0. The molecule has 1 saturated carbocycles. The van der Waals surface area contributed by atoms with Gasteiger partial charge in [0.2, 0.25) is 11.8 Å². The van der Waals surface area contributed by atoms with Crippen LogP contribution in [0.1, 0.15) is 57.8 Å². The van der Waals surface area contributed by atoms with E-state index in [1.807, 2.05) is 4.90 Å². The molecule has 0 aromatic heterocycles. The third-order valence-corrected chi connectivity index (χ3v) is 6.13. The Labute approximate surface area is 157 Å². The Hall–Kier alpha value is -1.14. The van der Waals surface area contributed by atoms with Crippen molar-refractivity contribution in [3.8, 4) is 0 Å². The van der Waals surface area contributed by atoms with E-state index in [-0.39, 0.29) is 17.7 Å². The monoisotopic (exact) mass is 365 g/mol. The van der Waals surface area contributed by atoms with Gasteiger partial charge in [-0.2, -0.15) is 0 Å². The molecule has 1 aliphatic carbocycles. The number of morpholine rings is 1. The summed E-state index contributed by atoms with van der Waals surface area (Å²) in [6.07, 6.45) is 9.28. The first-order chi connectivity index (χ1) is 12.7. The van der Waals surface area contributed by atoms with Crippen LogP contribution in [-0.4, -0.2) is 73.6 Å². The standard InChI is InChI=1S/C20H35N3O3/c24-19-9-8-17(16-23(19)18-6-2-3-7-18)20(25)21-10-4-1-5-11-22-12-14-26-15-13-22/h17-18H,1-16H2,(H,21,25)/t17-/m0/s1. The Morgan fingerprint density at radius 2 is 1.85 bits per heavy atom. The van der Waals surface area contributed by atoms with E-state index in [9.17, 15) is 9.59 Å². The summed E-state index contributed by atoms with van der Waals surface area (Å²) in [7, 11) is 0. The van der Waals surface area contributed by atoms with Crippen LogP contribution < -0.4 is 5.32 Å². The summed E-state index contributed by atoms with van der Waals surface area (Å²) >= 11 is 0. The van der Waals surface area contributed by atoms with Gasteiger partial charge in [-0.05, 0) is 38.6 Å². The zero-order valence-electron chi connectivity index (χ0n) is 16.1. The molecule has 0 radical (unpaired) electrons. The van der Waals surface area contributed by atoms with E-state index in [0.29, 0.717) is 25.4 Å². The first kappa shape index (κ1) is 19.6. The second-order valence-electron chi connectivity index (χ2n) is 8.03. The van der Waals surface area contributed by atoms with Crippen molar-refractivity contribution in [1.82, 2.24) is 15.1 Å². The number of ether oxygens (including phenoxy) is 1. The van der Waals surface area contributed by atoms with Crippen LogP contribution in [0.25, 0.3) is 0 Å². The molecule has 0 unspecified atom stereocenters. The zero-order valence-corrected chi connectivity index (χ0v) is 16.1. The molecular formula is C20H35N3O3. The number of carbonyl (C=O) groups is 2. The minimum atomic E-state index is -0.0124. The molecule has 0 bridgehead atoms. The van der Waals surface area contributed by atoms with Gasteiger partial charge < -0.3 is 15.0 Å². The fraction of sp³-hybridized carbons (Fsp3) is 0.900. The topological polar surface area (TPSA) is 61.9 Å². The fourth-order valence-electron chi connectivity index (χ4n) is 4.47. The summed E-state index contributed by atoms with van der Waals surface area (Å²) in [5, 5.41) is 3.11. The van der Waals surface area contributed by atoms with Gasteiger partial charge in [0.1, 0.15) is 0 Å². The molecule has 6 nitrogen and oxygen atoms in total. The normalized spacial score (nSPS) is 25.6. The van der Waals surface area contributed by atoms with Crippen molar-refractivity contribution >= 4 is 11.8 Å². The SMILES string of the molecule is O=C(NCCCCCN1CCOCC1)[C@H]1CCC(=O)N(C2CCCC2)C1. The van der Waals surface area contributed by atoms with Gasteiger partial charge in [-0.1, -0.05) is 19.3 Å². The van der Waals surface area contributed by atoms with Gasteiger partial charge in [-0.3, -0.25) is 14.5 Å². The van der Waals surface area contributed by atoms with Crippen LogP contribution >= 0.6 is 0 Å². The molecule has 3 rings (SSSR count). The van der Waals surface area contributed by atoms with Crippen molar-refractivity contribution in [2.75, 3.05) is 45.9 Å². The van der Waals surface area contributed by atoms with E-state index in [1.54, 1.807) is 0 Å². The number of unbranched alkanes of at least 4 members (excludes halogenated alkanes) is 2. The lowest BCUT2D eigenvalue weighted by Gasteiger charge is -2.36. The second kappa shape index (κ2) is 10.3. The molecule has 1 atom stereocenters. The molecule has 6 heteroatoms. The average Bonchev–Trinajstić information content (AvgIpc) is 3.20. The van der Waals surface area contributed by atoms with E-state index >= 15 is 0 Å². The molecule has 148 valence electrons. The van der Waals surface area contributed by atoms with Gasteiger partial charge in [0.15, 0.2) is 0 Å². The zero-order chi connectivity index (χ0) is 18.2. The van der Waals surface area contributed by atoms with Gasteiger partial charge in [0.05, 0.1) is 19.1 Å². The van der Waals surface area contributed by atoms with E-state index in [1.165, 1.54) is 19.3 Å². The summed E-state index contributed by atoms with van der Waals surface area (Å²) in [5.74, 6) is 0.388. The van der Waals surface area contributed by atoms with Crippen LogP contribution in [-0.2, 0) is 14.3 Å². The molecule has 26 heavy (non-hydrogen) atoms. The minimum absolute atomic E-state index is 0.0124. The Morgan fingerprint density at radius 3 is 2.62 bits per heavy atom. The molecular weight excluding hydrogens is 330 g/mol. The molecule has 2 amide bonds. The first-order valence-electron chi connectivity index (χ1n) is 10.6. The van der Waals surface area contributed by atoms with Crippen molar-refractivity contribution in [2.24, 2.45) is 5.92 Å². The van der Waals surface area contributed by atoms with Crippen LogP contribution in [0.2, 0.25) is 0 Å². The molecule has 0 aromatic carbocycles. The van der Waals surface area contributed by atoms with E-state index in [2.05, 4.69) is 10.2 Å². The van der Waals surface area contributed by atoms with Crippen molar-refractivity contribution in [1.29, 1.82) is 0 Å². The molecule has 3 aliphatic rings. The number of nitrogens with one attached hydrogen (secondary N) is 1. The summed E-state index contributed by atoms with van der Waals surface area (Å²) in [6.45, 7) is 6.35. The Bertz CT molecular complexity index is 459. The van der Waals surface area contributed by atoms with E-state index in [4.69, 9.17) is 4.74 Å². The van der Waals surface area contributed by atoms with Crippen LogP contribution in [0.15, 0.2) is 0 Å². The second-order valence-corrected chi connectivity index (χ2v) is 8.03. The van der Waals surface area contributed by atoms with E-state index in [0.717, 1.165) is 65.1 Å². The lowest BCUT2D eigenvalue weighted by molar-refractivity contribution is -0.140. The smallest absolute Gasteiger partial charge is 0.224 e. The third-order valence-electron chi connectivity index (χ3n) is 6.13. The largest absolute Gasteiger partial charge is 0.379 e. The molecule has 0 aromatic rings. The maximum Gasteiger partial charge on any atom is 0.224 e. The Kier molecular flexibility index (Phi) is 7.74. The number of carbonyl (C=O) groups excluding carboxylic acids is 2. The summed E-state index contributed by atoms with van der Waals surface area (Å²) < 4.78 is 5.36. The lowest BCUT2D eigenvalue weighted by Crippen LogP contribution is -2.49. The number of nitrogens with zero attached hydrogens (tertiary/aromatic N) is 2. The quantitative estimate of drug-likeness (QED) is 0.666. The van der Waals surface area contributed by atoms with Gasteiger partial charge >= 0.3 is 0 Å². The predicted molar refractivity (Wildman–Crippen MR) is 101 cm³/mol. The van der Waals surface area contributed by atoms with Gasteiger partial charge in [-0.15, -0.1) is 0 Å². The fourth-order valence-corrected chi connectivity index (χ4v) is 4.47. The summed E-state index contributed by atoms with van der Waals surface area (Å²) in [4.78, 5) is 29.1. The lowest BCUT2D eigenvalue weighted by atomic mass is 9.95.